The van der Waals surface area contributed by atoms with Crippen LogP contribution < -0.4 is 10.6 Å². The van der Waals surface area contributed by atoms with E-state index < -0.39 is 0 Å². The average Bonchev–Trinajstić information content (AvgIpc) is 2.41. The third kappa shape index (κ3) is 6.35. The predicted molar refractivity (Wildman–Crippen MR) is 78.6 cm³/mol. The number of rotatable bonds is 9. The van der Waals surface area contributed by atoms with E-state index in [2.05, 4.69) is 39.6 Å². The molecular formula is C13H25N5O. The first-order chi connectivity index (χ1) is 9.15. The van der Waals surface area contributed by atoms with Crippen molar-refractivity contribution in [2.45, 2.75) is 20.0 Å². The summed E-state index contributed by atoms with van der Waals surface area (Å²) < 4.78 is 5.34. The van der Waals surface area contributed by atoms with Gasteiger partial charge in [0, 0.05) is 26.3 Å². The molecule has 0 radical (unpaired) electrons. The summed E-state index contributed by atoms with van der Waals surface area (Å²) in [5.41, 5.74) is 0. The molecule has 0 saturated carbocycles. The van der Waals surface area contributed by atoms with Gasteiger partial charge in [0.25, 0.3) is 0 Å². The second-order valence-electron chi connectivity index (χ2n) is 4.53. The van der Waals surface area contributed by atoms with Crippen LogP contribution in [0.4, 0.5) is 11.6 Å². The van der Waals surface area contributed by atoms with Gasteiger partial charge in [0.2, 0.25) is 0 Å². The Hall–Kier alpha value is -1.40. The van der Waals surface area contributed by atoms with Crippen molar-refractivity contribution in [2.24, 2.45) is 0 Å². The van der Waals surface area contributed by atoms with Crippen LogP contribution in [0.5, 0.6) is 0 Å². The third-order valence-electron chi connectivity index (χ3n) is 2.55. The van der Waals surface area contributed by atoms with Crippen LogP contribution in [0.1, 0.15) is 19.2 Å². The van der Waals surface area contributed by atoms with Gasteiger partial charge in [-0.2, -0.15) is 0 Å². The fourth-order valence-corrected chi connectivity index (χ4v) is 1.59. The van der Waals surface area contributed by atoms with Crippen molar-refractivity contribution >= 4 is 11.6 Å². The minimum atomic E-state index is 0.443. The van der Waals surface area contributed by atoms with Crippen LogP contribution in [0.25, 0.3) is 0 Å². The number of nitrogens with zero attached hydrogens (tertiary/aromatic N) is 3. The Morgan fingerprint density at radius 2 is 2.00 bits per heavy atom. The van der Waals surface area contributed by atoms with E-state index in [0.717, 1.165) is 31.1 Å². The van der Waals surface area contributed by atoms with Crippen molar-refractivity contribution in [3.63, 3.8) is 0 Å². The van der Waals surface area contributed by atoms with E-state index in [9.17, 15) is 0 Å². The molecule has 0 aliphatic carbocycles. The highest BCUT2D eigenvalue weighted by Gasteiger charge is 2.03. The molecule has 6 nitrogen and oxygen atoms in total. The highest BCUT2D eigenvalue weighted by molar-refractivity contribution is 5.47. The van der Waals surface area contributed by atoms with E-state index in [4.69, 9.17) is 4.74 Å². The number of ether oxygens (including phenoxy) is 1. The first-order valence-corrected chi connectivity index (χ1v) is 6.67. The number of hydrogen-bond donors (Lipinski definition) is 2. The van der Waals surface area contributed by atoms with Crippen LogP contribution in [-0.4, -0.2) is 55.7 Å². The summed E-state index contributed by atoms with van der Waals surface area (Å²) in [5, 5.41) is 6.36. The second kappa shape index (κ2) is 8.66. The fraction of sp³-hybridized carbons (Fsp3) is 0.692. The van der Waals surface area contributed by atoms with Gasteiger partial charge in [-0.25, -0.2) is 9.97 Å². The van der Waals surface area contributed by atoms with E-state index in [1.807, 2.05) is 20.0 Å². The molecule has 0 atom stereocenters. The molecule has 19 heavy (non-hydrogen) atoms. The van der Waals surface area contributed by atoms with Gasteiger partial charge < -0.3 is 20.3 Å². The highest BCUT2D eigenvalue weighted by atomic mass is 16.5. The van der Waals surface area contributed by atoms with Crippen LogP contribution in [0.2, 0.25) is 0 Å². The quantitative estimate of drug-likeness (QED) is 0.660. The summed E-state index contributed by atoms with van der Waals surface area (Å²) in [5.74, 6) is 2.34. The zero-order chi connectivity index (χ0) is 14.1. The molecule has 0 unspecified atom stereocenters. The van der Waals surface area contributed by atoms with E-state index >= 15 is 0 Å². The highest BCUT2D eigenvalue weighted by Crippen LogP contribution is 2.11. The average molecular weight is 267 g/mol. The normalized spacial score (nSPS) is 10.8. The molecule has 1 rings (SSSR count). The minimum absolute atomic E-state index is 0.443. The van der Waals surface area contributed by atoms with E-state index in [0.29, 0.717) is 19.0 Å². The molecule has 1 aromatic heterocycles. The minimum Gasteiger partial charge on any atom is -0.374 e. The van der Waals surface area contributed by atoms with Gasteiger partial charge in [-0.15, -0.1) is 0 Å². The van der Waals surface area contributed by atoms with Crippen LogP contribution in [0, 0.1) is 0 Å². The van der Waals surface area contributed by atoms with Crippen LogP contribution >= 0.6 is 0 Å². The lowest BCUT2D eigenvalue weighted by atomic mass is 10.4. The molecule has 0 saturated heterocycles. The molecule has 1 heterocycles. The summed E-state index contributed by atoms with van der Waals surface area (Å²) in [4.78, 5) is 11.0. The molecule has 1 aromatic rings. The number of anilines is 2. The van der Waals surface area contributed by atoms with Crippen LogP contribution in [-0.2, 0) is 11.3 Å². The Kier molecular flexibility index (Phi) is 7.14. The molecule has 0 aliphatic rings. The van der Waals surface area contributed by atoms with Gasteiger partial charge in [0.1, 0.15) is 18.2 Å². The Morgan fingerprint density at radius 3 is 2.63 bits per heavy atom. The summed E-state index contributed by atoms with van der Waals surface area (Å²) >= 11 is 0. The Bertz CT molecular complexity index is 370. The summed E-state index contributed by atoms with van der Waals surface area (Å²) in [6.45, 7) is 5.02. The topological polar surface area (TPSA) is 62.3 Å². The standard InChI is InChI=1S/C13H25N5O/c1-5-19-10-13-16-11(14-2)9-12(17-13)15-7-6-8-18(3)4/h9H,5-8,10H2,1-4H3,(H2,14,15,16,17). The summed E-state index contributed by atoms with van der Waals surface area (Å²) in [6.07, 6.45) is 1.08. The lowest BCUT2D eigenvalue weighted by molar-refractivity contribution is 0.128. The first kappa shape index (κ1) is 15.7. The first-order valence-electron chi connectivity index (χ1n) is 6.67. The van der Waals surface area contributed by atoms with Crippen molar-refractivity contribution in [1.82, 2.24) is 14.9 Å². The molecule has 0 aliphatic heterocycles. The van der Waals surface area contributed by atoms with Gasteiger partial charge >= 0.3 is 0 Å². The van der Waals surface area contributed by atoms with Gasteiger partial charge in [-0.3, -0.25) is 0 Å². The predicted octanol–water partition coefficient (Wildman–Crippen LogP) is 1.42. The van der Waals surface area contributed by atoms with E-state index in [-0.39, 0.29) is 0 Å². The van der Waals surface area contributed by atoms with Gasteiger partial charge in [0.05, 0.1) is 0 Å². The largest absolute Gasteiger partial charge is 0.374 e. The van der Waals surface area contributed by atoms with Crippen molar-refractivity contribution in [3.05, 3.63) is 11.9 Å². The smallest absolute Gasteiger partial charge is 0.158 e. The second-order valence-corrected chi connectivity index (χ2v) is 4.53. The van der Waals surface area contributed by atoms with Crippen LogP contribution in [0.3, 0.4) is 0 Å². The third-order valence-corrected chi connectivity index (χ3v) is 2.55. The number of nitrogens with one attached hydrogen (secondary N) is 2. The molecule has 108 valence electrons. The van der Waals surface area contributed by atoms with E-state index in [1.54, 1.807) is 0 Å². The van der Waals surface area contributed by atoms with Crippen molar-refractivity contribution in [3.8, 4) is 0 Å². The zero-order valence-electron chi connectivity index (χ0n) is 12.4. The van der Waals surface area contributed by atoms with Gasteiger partial charge in [0.15, 0.2) is 5.82 Å². The number of aromatic nitrogens is 2. The zero-order valence-corrected chi connectivity index (χ0v) is 12.4. The maximum absolute atomic E-state index is 5.34. The molecule has 0 amide bonds. The van der Waals surface area contributed by atoms with Crippen molar-refractivity contribution < 1.29 is 4.74 Å². The summed E-state index contributed by atoms with van der Waals surface area (Å²) in [6, 6.07) is 1.91. The molecule has 0 aromatic carbocycles. The molecular weight excluding hydrogens is 242 g/mol. The molecule has 0 spiro atoms. The van der Waals surface area contributed by atoms with Crippen molar-refractivity contribution in [1.29, 1.82) is 0 Å². The van der Waals surface area contributed by atoms with Gasteiger partial charge in [-0.1, -0.05) is 0 Å². The maximum atomic E-state index is 5.34. The SMILES string of the molecule is CCOCc1nc(NC)cc(NCCCN(C)C)n1. The van der Waals surface area contributed by atoms with Crippen molar-refractivity contribution in [2.75, 3.05) is 51.5 Å². The molecule has 2 N–H and O–H groups in total. The lowest BCUT2D eigenvalue weighted by Gasteiger charge is -2.12. The monoisotopic (exact) mass is 267 g/mol. The van der Waals surface area contributed by atoms with E-state index in [1.165, 1.54) is 0 Å². The Labute approximate surface area is 115 Å². The fourth-order valence-electron chi connectivity index (χ4n) is 1.59. The van der Waals surface area contributed by atoms with Crippen LogP contribution in [0.15, 0.2) is 6.07 Å². The molecule has 6 heteroatoms. The summed E-state index contributed by atoms with van der Waals surface area (Å²) in [7, 11) is 6.00. The lowest BCUT2D eigenvalue weighted by Crippen LogP contribution is -2.17. The Morgan fingerprint density at radius 1 is 1.26 bits per heavy atom. The Balaban J connectivity index is 2.55. The number of hydrogen-bond acceptors (Lipinski definition) is 6. The maximum Gasteiger partial charge on any atom is 0.158 e. The molecule has 0 fully saturated rings. The van der Waals surface area contributed by atoms with Gasteiger partial charge in [-0.05, 0) is 34.0 Å². The molecule has 0 bridgehead atoms.